The molecule has 1 aliphatic rings. The Morgan fingerprint density at radius 1 is 1.50 bits per heavy atom. The van der Waals surface area contributed by atoms with Gasteiger partial charge >= 0.3 is 0 Å². The van der Waals surface area contributed by atoms with Crippen LogP contribution in [0.5, 0.6) is 0 Å². The van der Waals surface area contributed by atoms with Crippen molar-refractivity contribution in [3.05, 3.63) is 11.7 Å². The summed E-state index contributed by atoms with van der Waals surface area (Å²) in [6, 6.07) is 0. The van der Waals surface area contributed by atoms with E-state index in [1.165, 1.54) is 0 Å². The van der Waals surface area contributed by atoms with Gasteiger partial charge in [0.2, 0.25) is 0 Å². The van der Waals surface area contributed by atoms with Crippen molar-refractivity contribution in [1.29, 1.82) is 0 Å². The zero-order valence-corrected chi connectivity index (χ0v) is 5.86. The second-order valence-electron chi connectivity index (χ2n) is 2.70. The predicted molar refractivity (Wildman–Crippen MR) is 33.0 cm³/mol. The third-order valence-corrected chi connectivity index (χ3v) is 1.52. The molecule has 0 spiro atoms. The number of hydrogen-bond donors (Lipinski definition) is 0. The number of nitrogens with zero attached hydrogens (tertiary/aromatic N) is 2. The fraction of sp³-hybridized carbons (Fsp3) is 0.667. The molecule has 0 aromatic rings. The SMILES string of the molecule is CC1(C)N=NCC1=C(F)F. The van der Waals surface area contributed by atoms with Crippen molar-refractivity contribution in [3.8, 4) is 0 Å². The lowest BCUT2D eigenvalue weighted by Crippen LogP contribution is -2.17. The van der Waals surface area contributed by atoms with Gasteiger partial charge in [-0.2, -0.15) is 19.0 Å². The Morgan fingerprint density at radius 2 is 2.10 bits per heavy atom. The zero-order chi connectivity index (χ0) is 7.78. The molecule has 0 N–H and O–H groups in total. The summed E-state index contributed by atoms with van der Waals surface area (Å²) in [5, 5.41) is 7.18. The summed E-state index contributed by atoms with van der Waals surface area (Å²) >= 11 is 0. The fourth-order valence-corrected chi connectivity index (χ4v) is 0.828. The molecule has 0 unspecified atom stereocenters. The Bertz CT molecular complexity index is 202. The van der Waals surface area contributed by atoms with Gasteiger partial charge in [0.15, 0.2) is 0 Å². The second-order valence-corrected chi connectivity index (χ2v) is 2.70. The van der Waals surface area contributed by atoms with E-state index in [1.54, 1.807) is 13.8 Å². The summed E-state index contributed by atoms with van der Waals surface area (Å²) in [6.07, 6.45) is -1.64. The molecule has 1 heterocycles. The van der Waals surface area contributed by atoms with Gasteiger partial charge in [0.25, 0.3) is 6.08 Å². The largest absolute Gasteiger partial charge is 0.273 e. The van der Waals surface area contributed by atoms with Crippen LogP contribution in [0.4, 0.5) is 8.78 Å². The first-order chi connectivity index (χ1) is 4.54. The lowest BCUT2D eigenvalue weighted by molar-refractivity contribution is 0.396. The van der Waals surface area contributed by atoms with Crippen LogP contribution in [0.3, 0.4) is 0 Å². The molecule has 0 radical (unpaired) electrons. The Labute approximate surface area is 57.6 Å². The van der Waals surface area contributed by atoms with Crippen molar-refractivity contribution in [2.45, 2.75) is 19.4 Å². The van der Waals surface area contributed by atoms with Crippen molar-refractivity contribution < 1.29 is 8.78 Å². The number of rotatable bonds is 0. The van der Waals surface area contributed by atoms with E-state index in [-0.39, 0.29) is 12.1 Å². The molecular weight excluding hydrogens is 138 g/mol. The summed E-state index contributed by atoms with van der Waals surface area (Å²) in [7, 11) is 0. The molecule has 4 heteroatoms. The van der Waals surface area contributed by atoms with Gasteiger partial charge in [-0.25, -0.2) is 0 Å². The molecule has 0 atom stereocenters. The Morgan fingerprint density at radius 3 is 2.30 bits per heavy atom. The van der Waals surface area contributed by atoms with Crippen LogP contribution in [0.25, 0.3) is 0 Å². The fourth-order valence-electron chi connectivity index (χ4n) is 0.828. The van der Waals surface area contributed by atoms with Gasteiger partial charge in [-0.1, -0.05) is 0 Å². The molecule has 0 saturated heterocycles. The highest BCUT2D eigenvalue weighted by atomic mass is 19.3. The quantitative estimate of drug-likeness (QED) is 0.501. The number of halogens is 2. The van der Waals surface area contributed by atoms with Crippen LogP contribution in [-0.2, 0) is 0 Å². The third-order valence-electron chi connectivity index (χ3n) is 1.52. The maximum absolute atomic E-state index is 12.0. The lowest BCUT2D eigenvalue weighted by atomic mass is 9.98. The molecule has 0 amide bonds. The molecule has 0 fully saturated rings. The highest BCUT2D eigenvalue weighted by Crippen LogP contribution is 2.30. The first-order valence-corrected chi connectivity index (χ1v) is 2.97. The van der Waals surface area contributed by atoms with Crippen molar-refractivity contribution >= 4 is 0 Å². The van der Waals surface area contributed by atoms with E-state index in [0.29, 0.717) is 0 Å². The molecule has 10 heavy (non-hydrogen) atoms. The summed E-state index contributed by atoms with van der Waals surface area (Å²) in [5.74, 6) is 0. The monoisotopic (exact) mass is 146 g/mol. The zero-order valence-electron chi connectivity index (χ0n) is 5.86. The van der Waals surface area contributed by atoms with Crippen molar-refractivity contribution in [2.24, 2.45) is 10.2 Å². The maximum atomic E-state index is 12.0. The van der Waals surface area contributed by atoms with Crippen LogP contribution in [-0.4, -0.2) is 12.1 Å². The molecule has 1 rings (SSSR count). The standard InChI is InChI=1S/C6H8F2N2/c1-6(2)4(5(7)8)3-9-10-6/h3H2,1-2H3. The van der Waals surface area contributed by atoms with Gasteiger partial charge in [0.05, 0.1) is 6.54 Å². The topological polar surface area (TPSA) is 24.7 Å². The van der Waals surface area contributed by atoms with E-state index in [4.69, 9.17) is 0 Å². The summed E-state index contributed by atoms with van der Waals surface area (Å²) < 4.78 is 24.0. The summed E-state index contributed by atoms with van der Waals surface area (Å²) in [5.41, 5.74) is -0.744. The molecule has 0 bridgehead atoms. The summed E-state index contributed by atoms with van der Waals surface area (Å²) in [4.78, 5) is 0. The van der Waals surface area contributed by atoms with E-state index in [0.717, 1.165) is 0 Å². The first-order valence-electron chi connectivity index (χ1n) is 2.97. The maximum Gasteiger partial charge on any atom is 0.273 e. The Balaban J connectivity index is 2.96. The molecule has 56 valence electrons. The molecule has 0 saturated carbocycles. The van der Waals surface area contributed by atoms with Crippen molar-refractivity contribution in [1.82, 2.24) is 0 Å². The minimum absolute atomic E-state index is 0.0347. The van der Waals surface area contributed by atoms with Crippen LogP contribution in [0.15, 0.2) is 21.9 Å². The van der Waals surface area contributed by atoms with Crippen LogP contribution < -0.4 is 0 Å². The highest BCUT2D eigenvalue weighted by Gasteiger charge is 2.31. The van der Waals surface area contributed by atoms with Crippen LogP contribution in [0, 0.1) is 0 Å². The number of hydrogen-bond acceptors (Lipinski definition) is 2. The van der Waals surface area contributed by atoms with Crippen LogP contribution >= 0.6 is 0 Å². The van der Waals surface area contributed by atoms with Crippen LogP contribution in [0.1, 0.15) is 13.8 Å². The average molecular weight is 146 g/mol. The van der Waals surface area contributed by atoms with E-state index < -0.39 is 11.6 Å². The summed E-state index contributed by atoms with van der Waals surface area (Å²) in [6.45, 7) is 3.30. The Hall–Kier alpha value is -0.800. The van der Waals surface area contributed by atoms with E-state index >= 15 is 0 Å². The molecule has 0 aliphatic carbocycles. The predicted octanol–water partition coefficient (Wildman–Crippen LogP) is 2.38. The van der Waals surface area contributed by atoms with Gasteiger partial charge in [-0.3, -0.25) is 0 Å². The second kappa shape index (κ2) is 2.11. The molecular formula is C6H8F2N2. The lowest BCUT2D eigenvalue weighted by Gasteiger charge is -2.12. The number of azo groups is 1. The normalized spacial score (nSPS) is 21.8. The molecule has 0 aromatic carbocycles. The van der Waals surface area contributed by atoms with Gasteiger partial charge in [0, 0.05) is 5.57 Å². The molecule has 2 nitrogen and oxygen atoms in total. The molecule has 0 aromatic heterocycles. The van der Waals surface area contributed by atoms with Gasteiger partial charge in [0.1, 0.15) is 5.54 Å². The minimum atomic E-state index is -1.64. The van der Waals surface area contributed by atoms with Crippen molar-refractivity contribution in [3.63, 3.8) is 0 Å². The third kappa shape index (κ3) is 1.05. The minimum Gasteiger partial charge on any atom is -0.189 e. The first kappa shape index (κ1) is 7.31. The van der Waals surface area contributed by atoms with Gasteiger partial charge in [-0.15, -0.1) is 0 Å². The van der Waals surface area contributed by atoms with Gasteiger partial charge in [-0.05, 0) is 13.8 Å². The van der Waals surface area contributed by atoms with E-state index in [2.05, 4.69) is 10.2 Å². The smallest absolute Gasteiger partial charge is 0.189 e. The van der Waals surface area contributed by atoms with E-state index in [9.17, 15) is 8.78 Å². The van der Waals surface area contributed by atoms with Gasteiger partial charge < -0.3 is 0 Å². The van der Waals surface area contributed by atoms with E-state index in [1.807, 2.05) is 0 Å². The Kier molecular flexibility index (Phi) is 1.54. The van der Waals surface area contributed by atoms with Crippen molar-refractivity contribution in [2.75, 3.05) is 6.54 Å². The highest BCUT2D eigenvalue weighted by molar-refractivity contribution is 5.22. The van der Waals surface area contributed by atoms with Crippen LogP contribution in [0.2, 0.25) is 0 Å². The average Bonchev–Trinajstić information content (AvgIpc) is 2.08. The molecule has 1 aliphatic heterocycles.